The van der Waals surface area contributed by atoms with Crippen LogP contribution in [-0.2, 0) is 16.0 Å². The van der Waals surface area contributed by atoms with Gasteiger partial charge in [-0.1, -0.05) is 30.7 Å². The second-order valence-corrected chi connectivity index (χ2v) is 8.34. The van der Waals surface area contributed by atoms with Crippen LogP contribution in [0.1, 0.15) is 45.7 Å². The summed E-state index contributed by atoms with van der Waals surface area (Å²) in [4.78, 5) is 13.1. The van der Waals surface area contributed by atoms with E-state index in [2.05, 4.69) is 0 Å². The lowest BCUT2D eigenvalue weighted by molar-refractivity contribution is -0.158. The van der Waals surface area contributed by atoms with E-state index in [1.165, 1.54) is 0 Å². The number of carbonyl (C=O) groups excluding carboxylic acids is 1. The van der Waals surface area contributed by atoms with Gasteiger partial charge in [0, 0.05) is 5.02 Å². The Morgan fingerprint density at radius 1 is 1.04 bits per heavy atom. The Labute approximate surface area is 170 Å². The molecule has 28 heavy (non-hydrogen) atoms. The van der Waals surface area contributed by atoms with Crippen molar-refractivity contribution in [3.8, 4) is 11.5 Å². The van der Waals surface area contributed by atoms with Crippen LogP contribution in [0, 0.1) is 0 Å². The summed E-state index contributed by atoms with van der Waals surface area (Å²) in [5, 5.41) is 11.4. The highest BCUT2D eigenvalue weighted by molar-refractivity contribution is 6.30. The molecular weight excluding hydrogens is 376 g/mol. The summed E-state index contributed by atoms with van der Waals surface area (Å²) in [6.45, 7) is 8.97. The lowest BCUT2D eigenvalue weighted by Crippen LogP contribution is -2.49. The smallest absolute Gasteiger partial charge is 0.198 e. The number of aliphatic hydroxyl groups excluding tert-OH is 1. The number of aliphatic hydroxyl groups is 1. The zero-order valence-electron chi connectivity index (χ0n) is 16.8. The molecule has 0 amide bonds. The summed E-state index contributed by atoms with van der Waals surface area (Å²) in [6.07, 6.45) is 0.707. The van der Waals surface area contributed by atoms with Crippen LogP contribution in [0.15, 0.2) is 48.2 Å². The van der Waals surface area contributed by atoms with Gasteiger partial charge in [0.1, 0.15) is 28.5 Å². The monoisotopic (exact) mass is 400 g/mol. The summed E-state index contributed by atoms with van der Waals surface area (Å²) < 4.78 is 11.8. The van der Waals surface area contributed by atoms with Gasteiger partial charge < -0.3 is 14.6 Å². The van der Waals surface area contributed by atoms with Crippen LogP contribution in [-0.4, -0.2) is 22.1 Å². The summed E-state index contributed by atoms with van der Waals surface area (Å²) in [7, 11) is 0. The predicted molar refractivity (Wildman–Crippen MR) is 111 cm³/mol. The first-order valence-electron chi connectivity index (χ1n) is 9.30. The van der Waals surface area contributed by atoms with Gasteiger partial charge in [-0.3, -0.25) is 4.79 Å². The number of hydrogen-bond donors (Lipinski definition) is 1. The molecule has 0 unspecified atom stereocenters. The number of carbonyl (C=O) groups is 1. The van der Waals surface area contributed by atoms with E-state index in [0.717, 1.165) is 5.56 Å². The topological polar surface area (TPSA) is 55.8 Å². The van der Waals surface area contributed by atoms with Crippen molar-refractivity contribution in [2.75, 3.05) is 0 Å². The molecule has 0 atom stereocenters. The van der Waals surface area contributed by atoms with Crippen LogP contribution < -0.4 is 4.74 Å². The summed E-state index contributed by atoms with van der Waals surface area (Å²) in [6, 6.07) is 12.7. The highest BCUT2D eigenvalue weighted by atomic mass is 35.5. The quantitative estimate of drug-likeness (QED) is 0.671. The molecule has 2 aromatic rings. The van der Waals surface area contributed by atoms with E-state index in [9.17, 15) is 9.90 Å². The fourth-order valence-corrected chi connectivity index (χ4v) is 3.70. The minimum Gasteiger partial charge on any atom is -0.508 e. The maximum absolute atomic E-state index is 13.1. The average Bonchev–Trinajstić information content (AvgIpc) is 2.60. The number of ketones is 1. The van der Waals surface area contributed by atoms with E-state index in [1.54, 1.807) is 52.0 Å². The molecule has 0 bridgehead atoms. The van der Waals surface area contributed by atoms with E-state index < -0.39 is 11.2 Å². The zero-order valence-corrected chi connectivity index (χ0v) is 17.6. The van der Waals surface area contributed by atoms with Gasteiger partial charge in [0.25, 0.3) is 0 Å². The molecule has 0 saturated heterocycles. The highest BCUT2D eigenvalue weighted by Gasteiger charge is 2.47. The van der Waals surface area contributed by atoms with Gasteiger partial charge in [0.15, 0.2) is 5.78 Å². The number of benzene rings is 2. The van der Waals surface area contributed by atoms with Crippen LogP contribution in [0.3, 0.4) is 0 Å². The van der Waals surface area contributed by atoms with E-state index in [1.807, 2.05) is 25.1 Å². The molecule has 1 heterocycles. The zero-order chi connectivity index (χ0) is 20.7. The molecule has 0 aliphatic carbocycles. The molecule has 1 aliphatic heterocycles. The Morgan fingerprint density at radius 3 is 2.36 bits per heavy atom. The minimum absolute atomic E-state index is 0.0635. The molecule has 3 rings (SSSR count). The van der Waals surface area contributed by atoms with Gasteiger partial charge in [-0.05, 0) is 75.6 Å². The standard InChI is InChI=1S/C23H25ClO4/c1-6-14-10-11-17(27-16-9-7-8-15(24)12-16)13-18(14)19-20(25)22(2,3)28-23(4,5)21(19)26/h7-13,25H,6H2,1-5H3. The SMILES string of the molecule is CCc1ccc(Oc2cccc(Cl)c2)cc1C1=C(O)C(C)(C)OC(C)(C)C1=O. The number of ether oxygens (including phenoxy) is 2. The molecule has 1 N–H and O–H groups in total. The van der Waals surface area contributed by atoms with Gasteiger partial charge in [0.2, 0.25) is 0 Å². The Bertz CT molecular complexity index is 957. The second kappa shape index (κ2) is 7.26. The largest absolute Gasteiger partial charge is 0.508 e. The van der Waals surface area contributed by atoms with Crippen LogP contribution in [0.4, 0.5) is 0 Å². The molecule has 0 saturated carbocycles. The Balaban J connectivity index is 2.13. The first kappa shape index (κ1) is 20.4. The number of hydrogen-bond acceptors (Lipinski definition) is 4. The first-order valence-corrected chi connectivity index (χ1v) is 9.68. The van der Waals surface area contributed by atoms with Crippen molar-refractivity contribution in [3.63, 3.8) is 0 Å². The maximum Gasteiger partial charge on any atom is 0.198 e. The molecular formula is C23H25ClO4. The molecule has 0 spiro atoms. The molecule has 4 nitrogen and oxygen atoms in total. The number of halogens is 1. The van der Waals surface area contributed by atoms with Gasteiger partial charge in [-0.25, -0.2) is 0 Å². The maximum atomic E-state index is 13.1. The molecule has 1 aliphatic rings. The number of rotatable bonds is 4. The minimum atomic E-state index is -1.04. The van der Waals surface area contributed by atoms with Crippen LogP contribution in [0.25, 0.3) is 5.57 Å². The van der Waals surface area contributed by atoms with Crippen LogP contribution in [0.2, 0.25) is 5.02 Å². The number of aryl methyl sites for hydroxylation is 1. The van der Waals surface area contributed by atoms with E-state index in [-0.39, 0.29) is 17.1 Å². The van der Waals surface area contributed by atoms with Gasteiger partial charge in [-0.2, -0.15) is 0 Å². The van der Waals surface area contributed by atoms with Crippen molar-refractivity contribution >= 4 is 23.0 Å². The normalized spacial score (nSPS) is 18.3. The molecule has 2 aromatic carbocycles. The summed E-state index contributed by atoms with van der Waals surface area (Å²) >= 11 is 6.03. The van der Waals surface area contributed by atoms with E-state index in [0.29, 0.717) is 28.5 Å². The molecule has 0 fully saturated rings. The van der Waals surface area contributed by atoms with Gasteiger partial charge >= 0.3 is 0 Å². The van der Waals surface area contributed by atoms with Gasteiger partial charge in [-0.15, -0.1) is 0 Å². The van der Waals surface area contributed by atoms with Gasteiger partial charge in [0.05, 0.1) is 5.57 Å². The lowest BCUT2D eigenvalue weighted by atomic mass is 9.81. The average molecular weight is 401 g/mol. The molecule has 148 valence electrons. The van der Waals surface area contributed by atoms with Crippen molar-refractivity contribution in [1.82, 2.24) is 0 Å². The summed E-state index contributed by atoms with van der Waals surface area (Å²) in [5.74, 6) is 0.842. The third kappa shape index (κ3) is 3.80. The van der Waals surface area contributed by atoms with Crippen molar-refractivity contribution in [1.29, 1.82) is 0 Å². The van der Waals surface area contributed by atoms with E-state index >= 15 is 0 Å². The van der Waals surface area contributed by atoms with Crippen molar-refractivity contribution in [3.05, 3.63) is 64.4 Å². The van der Waals surface area contributed by atoms with Crippen LogP contribution in [0.5, 0.6) is 11.5 Å². The van der Waals surface area contributed by atoms with Crippen molar-refractivity contribution in [2.45, 2.75) is 52.2 Å². The van der Waals surface area contributed by atoms with Crippen molar-refractivity contribution in [2.24, 2.45) is 0 Å². The fourth-order valence-electron chi connectivity index (χ4n) is 3.52. The van der Waals surface area contributed by atoms with Crippen molar-refractivity contribution < 1.29 is 19.4 Å². The second-order valence-electron chi connectivity index (χ2n) is 7.91. The first-order chi connectivity index (χ1) is 13.0. The molecule has 0 radical (unpaired) electrons. The fraction of sp³-hybridized carbons (Fsp3) is 0.348. The van der Waals surface area contributed by atoms with Crippen LogP contribution >= 0.6 is 11.6 Å². The highest BCUT2D eigenvalue weighted by Crippen LogP contribution is 2.42. The Kier molecular flexibility index (Phi) is 5.30. The Hall–Kier alpha value is -2.30. The van der Waals surface area contributed by atoms with E-state index in [4.69, 9.17) is 21.1 Å². The molecule has 5 heteroatoms. The Morgan fingerprint density at radius 2 is 1.71 bits per heavy atom. The third-order valence-corrected chi connectivity index (χ3v) is 5.09. The summed E-state index contributed by atoms with van der Waals surface area (Å²) in [5.41, 5.74) is -0.118. The predicted octanol–water partition coefficient (Wildman–Crippen LogP) is 6.12. The lowest BCUT2D eigenvalue weighted by Gasteiger charge is -2.40. The molecule has 0 aromatic heterocycles. The number of Topliss-reactive ketones (excluding diaryl/α,β-unsaturated/α-hetero) is 1. The third-order valence-electron chi connectivity index (χ3n) is 4.85.